The van der Waals surface area contributed by atoms with Crippen molar-refractivity contribution in [3.63, 3.8) is 0 Å². The summed E-state index contributed by atoms with van der Waals surface area (Å²) in [5.74, 6) is 1.22. The molecule has 0 bridgehead atoms. The molecule has 1 heterocycles. The standard InChI is InChI=1S/C27H25BrClN3O3S/c1-4-15(3)16-7-11-24-22(13-16)30-26(35-24)18-6-9-20(29)21(14-18)31-27(36)32-25(33)17-8-10-23(34-5-2)19(28)12-17/h6-15H,4-5H2,1-3H3,(H2,31,32,33,36)/t15-/m0/s1. The minimum Gasteiger partial charge on any atom is -0.493 e. The molecule has 36 heavy (non-hydrogen) atoms. The molecule has 186 valence electrons. The predicted molar refractivity (Wildman–Crippen MR) is 152 cm³/mol. The summed E-state index contributed by atoms with van der Waals surface area (Å²) in [6, 6.07) is 16.5. The summed E-state index contributed by atoms with van der Waals surface area (Å²) < 4.78 is 12.2. The van der Waals surface area contributed by atoms with E-state index in [1.807, 2.05) is 19.1 Å². The van der Waals surface area contributed by atoms with Gasteiger partial charge >= 0.3 is 0 Å². The number of nitrogens with one attached hydrogen (secondary N) is 2. The van der Waals surface area contributed by atoms with Crippen molar-refractivity contribution in [1.29, 1.82) is 0 Å². The van der Waals surface area contributed by atoms with E-state index < -0.39 is 0 Å². The van der Waals surface area contributed by atoms with Gasteiger partial charge in [-0.3, -0.25) is 10.1 Å². The van der Waals surface area contributed by atoms with Crippen LogP contribution in [0.4, 0.5) is 5.69 Å². The van der Waals surface area contributed by atoms with Crippen molar-refractivity contribution in [2.24, 2.45) is 0 Å². The van der Waals surface area contributed by atoms with Crippen molar-refractivity contribution >= 4 is 67.6 Å². The van der Waals surface area contributed by atoms with Crippen LogP contribution in [0.3, 0.4) is 0 Å². The minimum absolute atomic E-state index is 0.111. The first kappa shape index (κ1) is 26.1. The van der Waals surface area contributed by atoms with Crippen LogP contribution in [0.5, 0.6) is 5.75 Å². The fraction of sp³-hybridized carbons (Fsp3) is 0.222. The predicted octanol–water partition coefficient (Wildman–Crippen LogP) is 7.95. The summed E-state index contributed by atoms with van der Waals surface area (Å²) in [6.45, 7) is 6.77. The van der Waals surface area contributed by atoms with Crippen LogP contribution in [-0.2, 0) is 0 Å². The quantitative estimate of drug-likeness (QED) is 0.214. The molecule has 1 atom stereocenters. The van der Waals surface area contributed by atoms with Crippen LogP contribution in [0.1, 0.15) is 49.0 Å². The van der Waals surface area contributed by atoms with E-state index in [0.717, 1.165) is 17.5 Å². The number of aromatic nitrogens is 1. The van der Waals surface area contributed by atoms with E-state index in [0.29, 0.717) is 50.5 Å². The maximum absolute atomic E-state index is 12.7. The van der Waals surface area contributed by atoms with Crippen LogP contribution in [0.15, 0.2) is 63.5 Å². The lowest BCUT2D eigenvalue weighted by Crippen LogP contribution is -2.34. The van der Waals surface area contributed by atoms with E-state index in [-0.39, 0.29) is 11.0 Å². The Morgan fingerprint density at radius 1 is 1.17 bits per heavy atom. The molecule has 0 spiro atoms. The highest BCUT2D eigenvalue weighted by atomic mass is 79.9. The maximum atomic E-state index is 12.7. The molecule has 4 rings (SSSR count). The number of ether oxygens (including phenoxy) is 1. The van der Waals surface area contributed by atoms with Gasteiger partial charge in [0.25, 0.3) is 5.91 Å². The summed E-state index contributed by atoms with van der Waals surface area (Å²) in [5.41, 5.74) is 4.42. The molecule has 0 aliphatic carbocycles. The first-order valence-electron chi connectivity index (χ1n) is 11.5. The third-order valence-electron chi connectivity index (χ3n) is 5.78. The molecular formula is C27H25BrClN3O3S. The second-order valence-electron chi connectivity index (χ2n) is 8.24. The first-order valence-corrected chi connectivity index (χ1v) is 13.1. The third kappa shape index (κ3) is 5.88. The lowest BCUT2D eigenvalue weighted by molar-refractivity contribution is 0.0977. The highest BCUT2D eigenvalue weighted by Crippen LogP contribution is 2.32. The molecule has 0 saturated heterocycles. The summed E-state index contributed by atoms with van der Waals surface area (Å²) in [4.78, 5) is 17.4. The average molecular weight is 587 g/mol. The number of hydrogen-bond donors (Lipinski definition) is 2. The van der Waals surface area contributed by atoms with Gasteiger partial charge in [-0.05, 0) is 102 Å². The molecule has 3 aromatic carbocycles. The molecule has 0 unspecified atom stereocenters. The zero-order valence-corrected chi connectivity index (χ0v) is 23.2. The Labute approximate surface area is 228 Å². The van der Waals surface area contributed by atoms with Crippen molar-refractivity contribution in [3.8, 4) is 17.2 Å². The second kappa shape index (κ2) is 11.4. The summed E-state index contributed by atoms with van der Waals surface area (Å²) in [6.07, 6.45) is 1.05. The molecule has 1 amide bonds. The van der Waals surface area contributed by atoms with Crippen LogP contribution >= 0.6 is 39.7 Å². The molecule has 4 aromatic rings. The van der Waals surface area contributed by atoms with Crippen LogP contribution in [-0.4, -0.2) is 22.6 Å². The number of fused-ring (bicyclic) bond motifs is 1. The maximum Gasteiger partial charge on any atom is 0.257 e. The van der Waals surface area contributed by atoms with Crippen molar-refractivity contribution in [2.75, 3.05) is 11.9 Å². The largest absolute Gasteiger partial charge is 0.493 e. The number of amides is 1. The van der Waals surface area contributed by atoms with Gasteiger partial charge in [0, 0.05) is 11.1 Å². The average Bonchev–Trinajstić information content (AvgIpc) is 3.29. The lowest BCUT2D eigenvalue weighted by Gasteiger charge is -2.12. The van der Waals surface area contributed by atoms with Crippen molar-refractivity contribution < 1.29 is 13.9 Å². The molecule has 0 saturated carbocycles. The van der Waals surface area contributed by atoms with E-state index >= 15 is 0 Å². The summed E-state index contributed by atoms with van der Waals surface area (Å²) in [5, 5.41) is 6.22. The number of carbonyl (C=O) groups is 1. The van der Waals surface area contributed by atoms with Crippen LogP contribution < -0.4 is 15.4 Å². The Kier molecular flexibility index (Phi) is 8.28. The van der Waals surface area contributed by atoms with Crippen LogP contribution in [0.2, 0.25) is 5.02 Å². The molecule has 6 nitrogen and oxygen atoms in total. The van der Waals surface area contributed by atoms with Gasteiger partial charge in [-0.1, -0.05) is 31.5 Å². The van der Waals surface area contributed by atoms with Crippen molar-refractivity contribution in [1.82, 2.24) is 10.3 Å². The number of nitrogens with zero attached hydrogens (tertiary/aromatic N) is 1. The molecule has 2 N–H and O–H groups in total. The van der Waals surface area contributed by atoms with Gasteiger partial charge < -0.3 is 14.5 Å². The van der Waals surface area contributed by atoms with E-state index in [1.165, 1.54) is 5.56 Å². The Bertz CT molecular complexity index is 1440. The van der Waals surface area contributed by atoms with E-state index in [9.17, 15) is 4.79 Å². The van der Waals surface area contributed by atoms with Gasteiger partial charge in [-0.25, -0.2) is 4.98 Å². The van der Waals surface area contributed by atoms with Crippen molar-refractivity contribution in [2.45, 2.75) is 33.1 Å². The molecule has 0 fully saturated rings. The van der Waals surface area contributed by atoms with E-state index in [1.54, 1.807) is 30.3 Å². The topological polar surface area (TPSA) is 76.4 Å². The number of rotatable bonds is 7. The smallest absolute Gasteiger partial charge is 0.257 e. The number of carbonyl (C=O) groups excluding carboxylic acids is 1. The monoisotopic (exact) mass is 585 g/mol. The Balaban J connectivity index is 1.50. The fourth-order valence-corrected chi connectivity index (χ4v) is 4.47. The van der Waals surface area contributed by atoms with Gasteiger partial charge in [-0.2, -0.15) is 0 Å². The SMILES string of the molecule is CCOc1ccc(C(=O)NC(=S)Nc2cc(-c3nc4cc([C@@H](C)CC)ccc4o3)ccc2Cl)cc1Br. The molecule has 1 aromatic heterocycles. The second-order valence-corrected chi connectivity index (χ2v) is 9.91. The molecular weight excluding hydrogens is 562 g/mol. The highest BCUT2D eigenvalue weighted by molar-refractivity contribution is 9.10. The Hall–Kier alpha value is -2.94. The number of oxazole rings is 1. The molecule has 0 radical (unpaired) electrons. The number of halogens is 2. The summed E-state index contributed by atoms with van der Waals surface area (Å²) in [7, 11) is 0. The van der Waals surface area contributed by atoms with Crippen molar-refractivity contribution in [3.05, 3.63) is 75.2 Å². The van der Waals surface area contributed by atoms with Gasteiger partial charge in [0.1, 0.15) is 11.3 Å². The van der Waals surface area contributed by atoms with Gasteiger partial charge in [0.2, 0.25) is 5.89 Å². The van der Waals surface area contributed by atoms with E-state index in [2.05, 4.69) is 57.5 Å². The number of anilines is 1. The summed E-state index contributed by atoms with van der Waals surface area (Å²) >= 11 is 15.2. The zero-order chi connectivity index (χ0) is 25.8. The van der Waals surface area contributed by atoms with Crippen LogP contribution in [0, 0.1) is 0 Å². The minimum atomic E-state index is -0.361. The molecule has 0 aliphatic rings. The zero-order valence-electron chi connectivity index (χ0n) is 20.0. The number of thiocarbonyl (C=S) groups is 1. The number of hydrogen-bond acceptors (Lipinski definition) is 5. The third-order valence-corrected chi connectivity index (χ3v) is 6.93. The first-order chi connectivity index (χ1) is 17.3. The fourth-order valence-electron chi connectivity index (χ4n) is 3.61. The Morgan fingerprint density at radius 2 is 1.97 bits per heavy atom. The van der Waals surface area contributed by atoms with Crippen LogP contribution in [0.25, 0.3) is 22.6 Å². The number of benzene rings is 3. The molecule has 0 aliphatic heterocycles. The Morgan fingerprint density at radius 3 is 2.69 bits per heavy atom. The normalized spacial score (nSPS) is 11.8. The molecule has 9 heteroatoms. The van der Waals surface area contributed by atoms with Gasteiger partial charge in [-0.15, -0.1) is 0 Å². The highest BCUT2D eigenvalue weighted by Gasteiger charge is 2.15. The lowest BCUT2D eigenvalue weighted by atomic mass is 9.98. The van der Waals surface area contributed by atoms with E-state index in [4.69, 9.17) is 33.0 Å². The van der Waals surface area contributed by atoms with Gasteiger partial charge in [0.05, 0.1) is 21.8 Å². The van der Waals surface area contributed by atoms with Gasteiger partial charge in [0.15, 0.2) is 10.7 Å².